The Bertz CT molecular complexity index is 950. The van der Waals surface area contributed by atoms with Crippen LogP contribution in [0.4, 0.5) is 0 Å². The molecule has 4 rings (SSSR count). The number of benzene rings is 2. The molecule has 26 heavy (non-hydrogen) atoms. The van der Waals surface area contributed by atoms with Crippen molar-refractivity contribution in [1.29, 1.82) is 0 Å². The van der Waals surface area contributed by atoms with E-state index >= 15 is 0 Å². The van der Waals surface area contributed by atoms with Crippen molar-refractivity contribution in [3.05, 3.63) is 75.4 Å². The number of hydrogen-bond acceptors (Lipinski definition) is 3. The Hall–Kier alpha value is -2.20. The zero-order valence-electron chi connectivity index (χ0n) is 14.5. The number of carbonyl (C=O) groups excluding carboxylic acids is 1. The fourth-order valence-electron chi connectivity index (χ4n) is 3.58. The average molecular weight is 410 g/mol. The summed E-state index contributed by atoms with van der Waals surface area (Å²) in [6, 6.07) is 15.7. The van der Waals surface area contributed by atoms with Gasteiger partial charge < -0.3 is 4.74 Å². The lowest BCUT2D eigenvalue weighted by molar-refractivity contribution is 0.0473. The number of aryl methyl sites for hydroxylation is 1. The van der Waals surface area contributed by atoms with E-state index in [1.54, 1.807) is 0 Å². The number of esters is 1. The largest absolute Gasteiger partial charge is 0.457 e. The minimum absolute atomic E-state index is 0.246. The highest BCUT2D eigenvalue weighted by Crippen LogP contribution is 2.29. The Labute approximate surface area is 161 Å². The maximum Gasteiger partial charge on any atom is 0.339 e. The molecule has 0 radical (unpaired) electrons. The molecule has 3 aromatic rings. The first kappa shape index (κ1) is 17.2. The summed E-state index contributed by atoms with van der Waals surface area (Å²) in [5.74, 6) is -0.246. The van der Waals surface area contributed by atoms with Gasteiger partial charge in [0.25, 0.3) is 0 Å². The van der Waals surface area contributed by atoms with Gasteiger partial charge in [-0.3, -0.25) is 4.98 Å². The molecule has 0 amide bonds. The first-order valence-electron chi connectivity index (χ1n) is 9.04. The molecule has 2 aromatic carbocycles. The maximum absolute atomic E-state index is 13.0. The Balaban J connectivity index is 1.70. The topological polar surface area (TPSA) is 39.2 Å². The fraction of sp³-hybridized carbons (Fsp3) is 0.273. The van der Waals surface area contributed by atoms with E-state index in [4.69, 9.17) is 9.72 Å². The molecule has 132 valence electrons. The van der Waals surface area contributed by atoms with Gasteiger partial charge in [0.15, 0.2) is 0 Å². The van der Waals surface area contributed by atoms with Crippen molar-refractivity contribution >= 4 is 32.8 Å². The lowest BCUT2D eigenvalue weighted by atomic mass is 9.97. The first-order valence-corrected chi connectivity index (χ1v) is 9.84. The molecule has 1 heterocycles. The predicted molar refractivity (Wildman–Crippen MR) is 106 cm³/mol. The third-order valence-corrected chi connectivity index (χ3v) is 5.44. The van der Waals surface area contributed by atoms with Crippen molar-refractivity contribution in [2.45, 2.75) is 38.7 Å². The summed E-state index contributed by atoms with van der Waals surface area (Å²) in [4.78, 5) is 17.9. The zero-order valence-corrected chi connectivity index (χ0v) is 16.1. The summed E-state index contributed by atoms with van der Waals surface area (Å²) in [5, 5.41) is 0.897. The lowest BCUT2D eigenvalue weighted by Gasteiger charge is -2.15. The molecule has 0 fully saturated rings. The van der Waals surface area contributed by atoms with Gasteiger partial charge in [0.05, 0.1) is 11.1 Å². The summed E-state index contributed by atoms with van der Waals surface area (Å²) < 4.78 is 6.70. The van der Waals surface area contributed by atoms with Crippen LogP contribution < -0.4 is 0 Å². The summed E-state index contributed by atoms with van der Waals surface area (Å²) in [7, 11) is 0. The molecule has 0 saturated heterocycles. The third kappa shape index (κ3) is 3.51. The summed E-state index contributed by atoms with van der Waals surface area (Å²) in [5.41, 5.74) is 4.72. The highest BCUT2D eigenvalue weighted by Gasteiger charge is 2.22. The van der Waals surface area contributed by atoms with Crippen LogP contribution in [-0.4, -0.2) is 11.0 Å². The maximum atomic E-state index is 13.0. The number of para-hydroxylation sites is 1. The number of aromatic nitrogens is 1. The van der Waals surface area contributed by atoms with Crippen LogP contribution in [0.1, 0.15) is 46.4 Å². The number of carbonyl (C=O) groups is 1. The highest BCUT2D eigenvalue weighted by atomic mass is 79.9. The number of nitrogens with zero attached hydrogens (tertiary/aromatic N) is 1. The van der Waals surface area contributed by atoms with Crippen molar-refractivity contribution < 1.29 is 9.53 Å². The van der Waals surface area contributed by atoms with Gasteiger partial charge in [-0.25, -0.2) is 4.79 Å². The molecule has 3 nitrogen and oxygen atoms in total. The average Bonchev–Trinajstić information content (AvgIpc) is 2.90. The van der Waals surface area contributed by atoms with Crippen molar-refractivity contribution in [3.8, 4) is 0 Å². The van der Waals surface area contributed by atoms with Gasteiger partial charge in [0, 0.05) is 15.6 Å². The van der Waals surface area contributed by atoms with Crippen LogP contribution in [0.15, 0.2) is 53.0 Å². The van der Waals surface area contributed by atoms with Gasteiger partial charge in [-0.15, -0.1) is 0 Å². The summed E-state index contributed by atoms with van der Waals surface area (Å²) >= 11 is 3.42. The molecular formula is C22H20BrNO2. The van der Waals surface area contributed by atoms with Crippen LogP contribution in [0.3, 0.4) is 0 Å². The van der Waals surface area contributed by atoms with E-state index in [2.05, 4.69) is 15.9 Å². The Morgan fingerprint density at radius 3 is 2.62 bits per heavy atom. The summed E-state index contributed by atoms with van der Waals surface area (Å²) in [6.45, 7) is 0.275. The van der Waals surface area contributed by atoms with Crippen LogP contribution in [0.5, 0.6) is 0 Å². The van der Waals surface area contributed by atoms with Gasteiger partial charge in [0.2, 0.25) is 0 Å². The monoisotopic (exact) mass is 409 g/mol. The molecule has 0 N–H and O–H groups in total. The minimum Gasteiger partial charge on any atom is -0.457 e. The van der Waals surface area contributed by atoms with Crippen molar-refractivity contribution in [2.24, 2.45) is 0 Å². The fourth-order valence-corrected chi connectivity index (χ4v) is 3.85. The number of halogens is 1. The third-order valence-electron chi connectivity index (χ3n) is 4.91. The number of rotatable bonds is 3. The van der Waals surface area contributed by atoms with Crippen molar-refractivity contribution in [3.63, 3.8) is 0 Å². The molecule has 1 aliphatic rings. The van der Waals surface area contributed by atoms with Gasteiger partial charge >= 0.3 is 5.97 Å². The van der Waals surface area contributed by atoms with Gasteiger partial charge in [-0.05, 0) is 55.0 Å². The second-order valence-electron chi connectivity index (χ2n) is 6.69. The van der Waals surface area contributed by atoms with Gasteiger partial charge in [0.1, 0.15) is 6.61 Å². The number of ether oxygens (including phenoxy) is 1. The molecule has 0 unspecified atom stereocenters. The Morgan fingerprint density at radius 2 is 1.77 bits per heavy atom. The number of fused-ring (bicyclic) bond motifs is 2. The van der Waals surface area contributed by atoms with E-state index in [0.29, 0.717) is 5.56 Å². The van der Waals surface area contributed by atoms with Gasteiger partial charge in [-0.1, -0.05) is 52.7 Å². The quantitative estimate of drug-likeness (QED) is 0.415. The van der Waals surface area contributed by atoms with E-state index in [0.717, 1.165) is 57.9 Å². The van der Waals surface area contributed by atoms with Crippen LogP contribution >= 0.6 is 15.9 Å². The standard InChI is InChI=1S/C22H20BrNO2/c23-16-12-10-15(11-13-16)14-26-22(25)21-17-6-2-1-3-8-19(17)24-20-9-5-4-7-18(20)21/h4-5,7,9-13H,1-3,6,8,14H2. The number of pyridine rings is 1. The van der Waals surface area contributed by atoms with E-state index in [9.17, 15) is 4.79 Å². The van der Waals surface area contributed by atoms with Crippen molar-refractivity contribution in [1.82, 2.24) is 4.98 Å². The van der Waals surface area contributed by atoms with Crippen LogP contribution in [0.25, 0.3) is 10.9 Å². The normalized spacial score (nSPS) is 13.9. The number of hydrogen-bond donors (Lipinski definition) is 0. The second-order valence-corrected chi connectivity index (χ2v) is 7.61. The van der Waals surface area contributed by atoms with E-state index in [-0.39, 0.29) is 12.6 Å². The lowest BCUT2D eigenvalue weighted by Crippen LogP contribution is -2.12. The molecule has 0 aliphatic heterocycles. The Morgan fingerprint density at radius 1 is 1.00 bits per heavy atom. The zero-order chi connectivity index (χ0) is 17.9. The van der Waals surface area contributed by atoms with Gasteiger partial charge in [-0.2, -0.15) is 0 Å². The molecule has 0 bridgehead atoms. The van der Waals surface area contributed by atoms with E-state index in [1.807, 2.05) is 48.5 Å². The SMILES string of the molecule is O=C(OCc1ccc(Br)cc1)c1c2c(nc3ccccc13)CCCCC2. The molecule has 1 aromatic heterocycles. The van der Waals surface area contributed by atoms with Crippen LogP contribution in [0, 0.1) is 0 Å². The minimum atomic E-state index is -0.246. The molecule has 1 aliphatic carbocycles. The predicted octanol–water partition coefficient (Wildman–Crippen LogP) is 5.62. The molecule has 0 atom stereocenters. The molecule has 0 spiro atoms. The second kappa shape index (κ2) is 7.58. The van der Waals surface area contributed by atoms with E-state index < -0.39 is 0 Å². The first-order chi connectivity index (χ1) is 12.7. The van der Waals surface area contributed by atoms with Crippen LogP contribution in [-0.2, 0) is 24.2 Å². The molecular weight excluding hydrogens is 390 g/mol. The van der Waals surface area contributed by atoms with E-state index in [1.165, 1.54) is 6.42 Å². The van der Waals surface area contributed by atoms with Crippen molar-refractivity contribution in [2.75, 3.05) is 0 Å². The highest BCUT2D eigenvalue weighted by molar-refractivity contribution is 9.10. The smallest absolute Gasteiger partial charge is 0.339 e. The summed E-state index contributed by atoms with van der Waals surface area (Å²) in [6.07, 6.45) is 5.24. The van der Waals surface area contributed by atoms with Crippen LogP contribution in [0.2, 0.25) is 0 Å². The molecule has 0 saturated carbocycles. The molecule has 4 heteroatoms. The Kier molecular flexibility index (Phi) is 5.02.